The Balaban J connectivity index is 2.45. The lowest BCUT2D eigenvalue weighted by molar-refractivity contribution is 1.27. The van der Waals surface area contributed by atoms with Crippen molar-refractivity contribution in [1.82, 2.24) is 15.0 Å². The molecule has 60 valence electrons. The highest BCUT2D eigenvalue weighted by atomic mass is 35.5. The second-order valence-electron chi connectivity index (χ2n) is 2.32. The van der Waals surface area contributed by atoms with Crippen LogP contribution in [0.3, 0.4) is 0 Å². The molecule has 2 heterocycles. The van der Waals surface area contributed by atoms with Gasteiger partial charge in [0, 0.05) is 18.0 Å². The number of hydrogen-bond acceptors (Lipinski definition) is 2. The average molecular weight is 180 g/mol. The molecule has 2 rings (SSSR count). The monoisotopic (exact) mass is 179 g/mol. The number of rotatable bonds is 1. The quantitative estimate of drug-likeness (QED) is 0.729. The van der Waals surface area contributed by atoms with Gasteiger partial charge in [-0.2, -0.15) is 0 Å². The number of nitrogens with one attached hydrogen (secondary N) is 1. The zero-order valence-electron chi connectivity index (χ0n) is 6.16. The van der Waals surface area contributed by atoms with E-state index in [1.807, 2.05) is 12.1 Å². The van der Waals surface area contributed by atoms with Crippen LogP contribution < -0.4 is 0 Å². The van der Waals surface area contributed by atoms with Gasteiger partial charge in [-0.05, 0) is 12.1 Å². The second-order valence-corrected chi connectivity index (χ2v) is 2.72. The Hall–Kier alpha value is -1.35. The molecule has 0 aromatic carbocycles. The summed E-state index contributed by atoms with van der Waals surface area (Å²) >= 11 is 5.68. The van der Waals surface area contributed by atoms with Crippen molar-refractivity contribution in [2.45, 2.75) is 0 Å². The molecule has 1 N–H and O–H groups in total. The Morgan fingerprint density at radius 2 is 2.00 bits per heavy atom. The molecule has 4 heteroatoms. The van der Waals surface area contributed by atoms with Gasteiger partial charge in [0.05, 0.1) is 6.20 Å². The van der Waals surface area contributed by atoms with Gasteiger partial charge in [0.1, 0.15) is 11.0 Å². The van der Waals surface area contributed by atoms with Crippen LogP contribution in [-0.4, -0.2) is 15.0 Å². The molecule has 0 radical (unpaired) electrons. The van der Waals surface area contributed by atoms with E-state index < -0.39 is 0 Å². The normalized spacial score (nSPS) is 10.1. The minimum atomic E-state index is 0.543. The van der Waals surface area contributed by atoms with Crippen molar-refractivity contribution in [2.75, 3.05) is 0 Å². The molecular formula is C8H6ClN3. The molecule has 2 aromatic rings. The van der Waals surface area contributed by atoms with Gasteiger partial charge in [0.25, 0.3) is 0 Å². The average Bonchev–Trinajstić information content (AvgIpc) is 2.54. The van der Waals surface area contributed by atoms with E-state index in [2.05, 4.69) is 15.0 Å². The van der Waals surface area contributed by atoms with Gasteiger partial charge >= 0.3 is 0 Å². The van der Waals surface area contributed by atoms with Crippen LogP contribution in [0.1, 0.15) is 0 Å². The summed E-state index contributed by atoms with van der Waals surface area (Å²) in [6.07, 6.45) is 5.01. The van der Waals surface area contributed by atoms with Gasteiger partial charge in [0.2, 0.25) is 0 Å². The first-order chi connectivity index (χ1) is 5.86. The number of hydrogen-bond donors (Lipinski definition) is 1. The van der Waals surface area contributed by atoms with E-state index in [0.717, 1.165) is 11.4 Å². The molecule has 0 unspecified atom stereocenters. The maximum absolute atomic E-state index is 5.68. The summed E-state index contributed by atoms with van der Waals surface area (Å²) in [5.41, 5.74) is 0.983. The third-order valence-corrected chi connectivity index (χ3v) is 1.69. The number of aromatic nitrogens is 3. The number of imidazole rings is 1. The smallest absolute Gasteiger partial charge is 0.138 e. The molecule has 0 saturated carbocycles. The van der Waals surface area contributed by atoms with Crippen LogP contribution in [0.15, 0.2) is 30.7 Å². The van der Waals surface area contributed by atoms with Crippen LogP contribution in [0.5, 0.6) is 0 Å². The summed E-state index contributed by atoms with van der Waals surface area (Å²) in [5.74, 6) is 0.766. The minimum absolute atomic E-state index is 0.543. The molecule has 0 atom stereocenters. The number of pyridine rings is 1. The number of aromatic amines is 1. The van der Waals surface area contributed by atoms with E-state index in [0.29, 0.717) is 5.15 Å². The van der Waals surface area contributed by atoms with E-state index in [9.17, 15) is 0 Å². The van der Waals surface area contributed by atoms with Gasteiger partial charge in [-0.3, -0.25) is 4.98 Å². The summed E-state index contributed by atoms with van der Waals surface area (Å²) in [4.78, 5) is 10.9. The van der Waals surface area contributed by atoms with Crippen molar-refractivity contribution < 1.29 is 0 Å². The Labute approximate surface area is 74.4 Å². The SMILES string of the molecule is Clc1cnc(-c2ccncc2)[nH]1. The largest absolute Gasteiger partial charge is 0.329 e. The highest BCUT2D eigenvalue weighted by Crippen LogP contribution is 2.15. The number of halogens is 1. The van der Waals surface area contributed by atoms with Crippen LogP contribution in [0.25, 0.3) is 11.4 Å². The van der Waals surface area contributed by atoms with Crippen LogP contribution in [0, 0.1) is 0 Å². The van der Waals surface area contributed by atoms with Crippen LogP contribution in [0.2, 0.25) is 5.15 Å². The zero-order valence-corrected chi connectivity index (χ0v) is 6.92. The second kappa shape index (κ2) is 2.95. The molecule has 0 amide bonds. The first-order valence-corrected chi connectivity index (χ1v) is 3.85. The van der Waals surface area contributed by atoms with Crippen molar-refractivity contribution >= 4 is 11.6 Å². The molecule has 2 aromatic heterocycles. The van der Waals surface area contributed by atoms with E-state index >= 15 is 0 Å². The van der Waals surface area contributed by atoms with Gasteiger partial charge in [-0.1, -0.05) is 11.6 Å². The van der Waals surface area contributed by atoms with Gasteiger partial charge in [-0.15, -0.1) is 0 Å². The lowest BCUT2D eigenvalue weighted by Gasteiger charge is -1.92. The standard InChI is InChI=1S/C8H6ClN3/c9-7-5-11-8(12-7)6-1-3-10-4-2-6/h1-5H,(H,11,12). The van der Waals surface area contributed by atoms with E-state index in [4.69, 9.17) is 11.6 Å². The van der Waals surface area contributed by atoms with Gasteiger partial charge < -0.3 is 4.98 Å². The van der Waals surface area contributed by atoms with Gasteiger partial charge in [0.15, 0.2) is 0 Å². The van der Waals surface area contributed by atoms with Crippen molar-refractivity contribution in [3.05, 3.63) is 35.9 Å². The third kappa shape index (κ3) is 1.31. The predicted octanol–water partition coefficient (Wildman–Crippen LogP) is 2.13. The molecule has 0 fully saturated rings. The molecule has 0 saturated heterocycles. The number of nitrogens with zero attached hydrogens (tertiary/aromatic N) is 2. The molecule has 0 spiro atoms. The molecule has 0 aliphatic carbocycles. The molecular weight excluding hydrogens is 174 g/mol. The van der Waals surface area contributed by atoms with E-state index in [1.54, 1.807) is 18.6 Å². The van der Waals surface area contributed by atoms with Crippen molar-refractivity contribution in [2.24, 2.45) is 0 Å². The first-order valence-electron chi connectivity index (χ1n) is 3.47. The summed E-state index contributed by atoms with van der Waals surface area (Å²) < 4.78 is 0. The fourth-order valence-electron chi connectivity index (χ4n) is 0.955. The molecule has 0 aliphatic heterocycles. The van der Waals surface area contributed by atoms with Crippen molar-refractivity contribution in [3.8, 4) is 11.4 Å². The fraction of sp³-hybridized carbons (Fsp3) is 0. The zero-order chi connectivity index (χ0) is 8.39. The van der Waals surface area contributed by atoms with Crippen LogP contribution in [0.4, 0.5) is 0 Å². The topological polar surface area (TPSA) is 41.6 Å². The lowest BCUT2D eigenvalue weighted by Crippen LogP contribution is -1.79. The van der Waals surface area contributed by atoms with Crippen molar-refractivity contribution in [3.63, 3.8) is 0 Å². The Morgan fingerprint density at radius 3 is 2.58 bits per heavy atom. The maximum Gasteiger partial charge on any atom is 0.138 e. The van der Waals surface area contributed by atoms with Crippen LogP contribution >= 0.6 is 11.6 Å². The summed E-state index contributed by atoms with van der Waals surface area (Å²) in [7, 11) is 0. The summed E-state index contributed by atoms with van der Waals surface area (Å²) in [6.45, 7) is 0. The molecule has 3 nitrogen and oxygen atoms in total. The van der Waals surface area contributed by atoms with E-state index in [-0.39, 0.29) is 0 Å². The Bertz CT molecular complexity index is 369. The first kappa shape index (κ1) is 7.31. The number of H-pyrrole nitrogens is 1. The summed E-state index contributed by atoms with van der Waals surface area (Å²) in [6, 6.07) is 3.74. The predicted molar refractivity (Wildman–Crippen MR) is 46.8 cm³/mol. The summed E-state index contributed by atoms with van der Waals surface area (Å²) in [5, 5.41) is 0.543. The Morgan fingerprint density at radius 1 is 1.25 bits per heavy atom. The van der Waals surface area contributed by atoms with Gasteiger partial charge in [-0.25, -0.2) is 4.98 Å². The molecule has 0 bridgehead atoms. The van der Waals surface area contributed by atoms with E-state index in [1.165, 1.54) is 0 Å². The Kier molecular flexibility index (Phi) is 1.80. The third-order valence-electron chi connectivity index (χ3n) is 1.50. The fourth-order valence-corrected chi connectivity index (χ4v) is 1.09. The molecule has 0 aliphatic rings. The lowest BCUT2D eigenvalue weighted by atomic mass is 10.3. The molecule has 12 heavy (non-hydrogen) atoms. The van der Waals surface area contributed by atoms with Crippen molar-refractivity contribution in [1.29, 1.82) is 0 Å². The van der Waals surface area contributed by atoms with Crippen LogP contribution in [-0.2, 0) is 0 Å². The highest BCUT2D eigenvalue weighted by Gasteiger charge is 1.99. The minimum Gasteiger partial charge on any atom is -0.329 e. The maximum atomic E-state index is 5.68. The highest BCUT2D eigenvalue weighted by molar-refractivity contribution is 6.29.